The van der Waals surface area contributed by atoms with Gasteiger partial charge in [-0.1, -0.05) is 30.3 Å². The third kappa shape index (κ3) is 7.26. The standard InChI is InChI=1S/C27H27F2N3O4/c28-27(29)36-24-12-6-21(7-13-24)26(34)35-19-25(33)30-22-8-10-23(11-9-22)32-16-14-31(15-17-32)18-20-4-2-1-3-5-20/h1-13,27H,14-19H2,(H,30,33). The fraction of sp³-hybridized carbons (Fsp3) is 0.259. The van der Waals surface area contributed by atoms with E-state index in [4.69, 9.17) is 4.74 Å². The van der Waals surface area contributed by atoms with Crippen molar-refractivity contribution >= 4 is 23.3 Å². The number of hydrogen-bond donors (Lipinski definition) is 1. The van der Waals surface area contributed by atoms with E-state index in [1.54, 1.807) is 0 Å². The van der Waals surface area contributed by atoms with Crippen LogP contribution in [0, 0.1) is 0 Å². The average Bonchev–Trinajstić information content (AvgIpc) is 2.89. The van der Waals surface area contributed by atoms with E-state index in [1.165, 1.54) is 29.8 Å². The van der Waals surface area contributed by atoms with Gasteiger partial charge >= 0.3 is 12.6 Å². The quantitative estimate of drug-likeness (QED) is 0.444. The molecule has 1 aliphatic rings. The predicted octanol–water partition coefficient (Wildman–Crippen LogP) is 4.41. The van der Waals surface area contributed by atoms with Gasteiger partial charge in [0.25, 0.3) is 5.91 Å². The summed E-state index contributed by atoms with van der Waals surface area (Å²) in [6, 6.07) is 23.0. The number of rotatable bonds is 9. The van der Waals surface area contributed by atoms with E-state index < -0.39 is 25.1 Å². The molecule has 4 rings (SSSR count). The first-order valence-corrected chi connectivity index (χ1v) is 11.6. The van der Waals surface area contributed by atoms with Crippen molar-refractivity contribution in [3.05, 3.63) is 90.0 Å². The molecule has 1 amide bonds. The highest BCUT2D eigenvalue weighted by molar-refractivity contribution is 5.95. The minimum atomic E-state index is -2.95. The summed E-state index contributed by atoms with van der Waals surface area (Å²) in [5, 5.41) is 2.70. The van der Waals surface area contributed by atoms with Crippen LogP contribution in [0.5, 0.6) is 5.75 Å². The van der Waals surface area contributed by atoms with Crippen LogP contribution >= 0.6 is 0 Å². The Bertz CT molecular complexity index is 1130. The number of nitrogens with one attached hydrogen (secondary N) is 1. The Morgan fingerprint density at radius 1 is 0.861 bits per heavy atom. The lowest BCUT2D eigenvalue weighted by atomic mass is 10.2. The van der Waals surface area contributed by atoms with E-state index in [2.05, 4.69) is 44.1 Å². The van der Waals surface area contributed by atoms with Crippen molar-refractivity contribution < 1.29 is 27.8 Å². The summed E-state index contributed by atoms with van der Waals surface area (Å²) < 4.78 is 33.6. The zero-order valence-electron chi connectivity index (χ0n) is 19.6. The highest BCUT2D eigenvalue weighted by atomic mass is 19.3. The second-order valence-corrected chi connectivity index (χ2v) is 8.32. The van der Waals surface area contributed by atoms with Crippen molar-refractivity contribution in [1.82, 2.24) is 4.90 Å². The fourth-order valence-electron chi connectivity index (χ4n) is 3.95. The van der Waals surface area contributed by atoms with Crippen molar-refractivity contribution in [1.29, 1.82) is 0 Å². The molecule has 7 nitrogen and oxygen atoms in total. The third-order valence-corrected chi connectivity index (χ3v) is 5.79. The van der Waals surface area contributed by atoms with Crippen LogP contribution in [-0.2, 0) is 16.1 Å². The summed E-state index contributed by atoms with van der Waals surface area (Å²) in [7, 11) is 0. The van der Waals surface area contributed by atoms with Gasteiger partial charge in [-0.3, -0.25) is 9.69 Å². The van der Waals surface area contributed by atoms with Crippen molar-refractivity contribution in [2.24, 2.45) is 0 Å². The molecule has 0 radical (unpaired) electrons. The number of benzene rings is 3. The molecule has 0 atom stereocenters. The number of anilines is 2. The van der Waals surface area contributed by atoms with Crippen LogP contribution in [0.3, 0.4) is 0 Å². The molecule has 9 heteroatoms. The number of carbonyl (C=O) groups is 2. The average molecular weight is 496 g/mol. The molecule has 36 heavy (non-hydrogen) atoms. The van der Waals surface area contributed by atoms with Crippen molar-refractivity contribution in [2.75, 3.05) is 43.0 Å². The Kier molecular flexibility index (Phi) is 8.46. The maximum atomic E-state index is 12.2. The summed E-state index contributed by atoms with van der Waals surface area (Å²) in [6.07, 6.45) is 0. The van der Waals surface area contributed by atoms with Gasteiger partial charge in [0.1, 0.15) is 5.75 Å². The molecule has 1 fully saturated rings. The Labute approximate surface area is 208 Å². The minimum Gasteiger partial charge on any atom is -0.452 e. The highest BCUT2D eigenvalue weighted by Gasteiger charge is 2.17. The molecule has 1 saturated heterocycles. The topological polar surface area (TPSA) is 71.1 Å². The molecule has 0 unspecified atom stereocenters. The fourth-order valence-corrected chi connectivity index (χ4v) is 3.95. The van der Waals surface area contributed by atoms with E-state index in [-0.39, 0.29) is 11.3 Å². The van der Waals surface area contributed by atoms with Crippen LogP contribution in [0.25, 0.3) is 0 Å². The van der Waals surface area contributed by atoms with Gasteiger partial charge < -0.3 is 19.7 Å². The smallest absolute Gasteiger partial charge is 0.387 e. The summed E-state index contributed by atoms with van der Waals surface area (Å²) in [4.78, 5) is 29.0. The zero-order chi connectivity index (χ0) is 25.3. The maximum absolute atomic E-state index is 12.2. The Balaban J connectivity index is 1.20. The molecule has 0 aliphatic carbocycles. The first kappa shape index (κ1) is 25.1. The number of nitrogens with zero attached hydrogens (tertiary/aromatic N) is 2. The van der Waals surface area contributed by atoms with Crippen LogP contribution in [-0.4, -0.2) is 56.2 Å². The van der Waals surface area contributed by atoms with Gasteiger partial charge in [-0.15, -0.1) is 0 Å². The van der Waals surface area contributed by atoms with Gasteiger partial charge in [-0.25, -0.2) is 4.79 Å². The number of ether oxygens (including phenoxy) is 2. The molecule has 3 aromatic carbocycles. The van der Waals surface area contributed by atoms with Gasteiger partial charge in [-0.05, 0) is 54.1 Å². The van der Waals surface area contributed by atoms with E-state index in [0.717, 1.165) is 38.4 Å². The number of alkyl halides is 2. The van der Waals surface area contributed by atoms with Crippen LogP contribution in [0.2, 0.25) is 0 Å². The van der Waals surface area contributed by atoms with Crippen LogP contribution in [0.4, 0.5) is 20.2 Å². The molecular weight excluding hydrogens is 468 g/mol. The van der Waals surface area contributed by atoms with Gasteiger partial charge in [0.2, 0.25) is 0 Å². The molecule has 3 aromatic rings. The van der Waals surface area contributed by atoms with Crippen LogP contribution < -0.4 is 15.0 Å². The molecule has 0 bridgehead atoms. The number of amides is 1. The van der Waals surface area contributed by atoms with E-state index >= 15 is 0 Å². The van der Waals surface area contributed by atoms with E-state index in [0.29, 0.717) is 5.69 Å². The van der Waals surface area contributed by atoms with Crippen LogP contribution in [0.1, 0.15) is 15.9 Å². The van der Waals surface area contributed by atoms with Gasteiger partial charge in [0.15, 0.2) is 6.61 Å². The van der Waals surface area contributed by atoms with Gasteiger partial charge in [-0.2, -0.15) is 8.78 Å². The normalized spacial score (nSPS) is 13.9. The number of esters is 1. The summed E-state index contributed by atoms with van der Waals surface area (Å²) >= 11 is 0. The Hall–Kier alpha value is -3.98. The predicted molar refractivity (Wildman–Crippen MR) is 132 cm³/mol. The molecule has 0 spiro atoms. The molecule has 0 saturated carbocycles. The minimum absolute atomic E-state index is 0.0724. The molecule has 1 aliphatic heterocycles. The van der Waals surface area contributed by atoms with Crippen molar-refractivity contribution in [3.63, 3.8) is 0 Å². The number of piperazine rings is 1. The lowest BCUT2D eigenvalue weighted by Gasteiger charge is -2.36. The Morgan fingerprint density at radius 3 is 2.17 bits per heavy atom. The second kappa shape index (κ2) is 12.1. The van der Waals surface area contributed by atoms with Crippen LogP contribution in [0.15, 0.2) is 78.9 Å². The first-order valence-electron chi connectivity index (χ1n) is 11.6. The van der Waals surface area contributed by atoms with Gasteiger partial charge in [0, 0.05) is 44.1 Å². The molecule has 1 heterocycles. The molecule has 0 aromatic heterocycles. The summed E-state index contributed by atoms with van der Waals surface area (Å²) in [6.45, 7) is 1.31. The summed E-state index contributed by atoms with van der Waals surface area (Å²) in [5.41, 5.74) is 3.11. The lowest BCUT2D eigenvalue weighted by molar-refractivity contribution is -0.119. The number of hydrogen-bond acceptors (Lipinski definition) is 6. The highest BCUT2D eigenvalue weighted by Crippen LogP contribution is 2.20. The maximum Gasteiger partial charge on any atom is 0.387 e. The third-order valence-electron chi connectivity index (χ3n) is 5.79. The SMILES string of the molecule is O=C(COC(=O)c1ccc(OC(F)F)cc1)Nc1ccc(N2CCN(Cc3ccccc3)CC2)cc1. The number of halogens is 2. The first-order chi connectivity index (χ1) is 17.5. The van der Waals surface area contributed by atoms with Gasteiger partial charge in [0.05, 0.1) is 5.56 Å². The molecule has 188 valence electrons. The summed E-state index contributed by atoms with van der Waals surface area (Å²) in [5.74, 6) is -1.30. The van der Waals surface area contributed by atoms with Crippen molar-refractivity contribution in [2.45, 2.75) is 13.2 Å². The zero-order valence-corrected chi connectivity index (χ0v) is 19.6. The van der Waals surface area contributed by atoms with E-state index in [9.17, 15) is 18.4 Å². The lowest BCUT2D eigenvalue weighted by Crippen LogP contribution is -2.45. The second-order valence-electron chi connectivity index (χ2n) is 8.32. The monoisotopic (exact) mass is 495 g/mol. The van der Waals surface area contributed by atoms with E-state index in [1.807, 2.05) is 30.3 Å². The molecule has 1 N–H and O–H groups in total. The molecular formula is C27H27F2N3O4. The largest absolute Gasteiger partial charge is 0.452 e. The van der Waals surface area contributed by atoms with Crippen molar-refractivity contribution in [3.8, 4) is 5.75 Å². The Morgan fingerprint density at radius 2 is 1.53 bits per heavy atom. The number of carbonyl (C=O) groups excluding carboxylic acids is 2.